The van der Waals surface area contributed by atoms with E-state index in [1.807, 2.05) is 36.4 Å². The highest BCUT2D eigenvalue weighted by Gasteiger charge is 2.09. The Kier molecular flexibility index (Phi) is 5.21. The number of rotatable bonds is 5. The van der Waals surface area contributed by atoms with Crippen LogP contribution in [0.25, 0.3) is 0 Å². The summed E-state index contributed by atoms with van der Waals surface area (Å²) in [5.74, 6) is 0.752. The third kappa shape index (κ3) is 5.74. The number of hydrogen-bond donors (Lipinski definition) is 1. The van der Waals surface area contributed by atoms with Gasteiger partial charge in [-0.05, 0) is 51.1 Å². The smallest absolute Gasteiger partial charge is 0.130 e. The lowest BCUT2D eigenvalue weighted by Crippen LogP contribution is -2.35. The first-order valence-electron chi connectivity index (χ1n) is 7.01. The van der Waals surface area contributed by atoms with Crippen molar-refractivity contribution in [3.63, 3.8) is 0 Å². The van der Waals surface area contributed by atoms with Gasteiger partial charge >= 0.3 is 0 Å². The zero-order valence-corrected chi connectivity index (χ0v) is 13.4. The van der Waals surface area contributed by atoms with Crippen LogP contribution < -0.4 is 10.1 Å². The van der Waals surface area contributed by atoms with Gasteiger partial charge in [0.15, 0.2) is 0 Å². The minimum absolute atomic E-state index is 0.0783. The topological polar surface area (TPSA) is 34.1 Å². The molecular formula is C17H21ClN2O. The quantitative estimate of drug-likeness (QED) is 0.899. The molecule has 0 aliphatic carbocycles. The highest BCUT2D eigenvalue weighted by atomic mass is 35.5. The van der Waals surface area contributed by atoms with Crippen molar-refractivity contribution >= 4 is 11.6 Å². The molecule has 2 aromatic rings. The van der Waals surface area contributed by atoms with Gasteiger partial charge in [-0.25, -0.2) is 0 Å². The monoisotopic (exact) mass is 304 g/mol. The van der Waals surface area contributed by atoms with E-state index >= 15 is 0 Å². The Morgan fingerprint density at radius 1 is 1.10 bits per heavy atom. The molecule has 112 valence electrons. The molecule has 1 aromatic heterocycles. The van der Waals surface area contributed by atoms with Gasteiger partial charge in [-0.1, -0.05) is 23.7 Å². The van der Waals surface area contributed by atoms with E-state index in [9.17, 15) is 0 Å². The number of pyridine rings is 1. The molecule has 2 rings (SSSR count). The summed E-state index contributed by atoms with van der Waals surface area (Å²) in [4.78, 5) is 4.59. The fraction of sp³-hybridized carbons (Fsp3) is 0.353. The molecule has 3 nitrogen and oxygen atoms in total. The van der Waals surface area contributed by atoms with Crippen molar-refractivity contribution in [3.05, 3.63) is 58.9 Å². The summed E-state index contributed by atoms with van der Waals surface area (Å²) in [6.45, 7) is 7.59. The molecule has 0 spiro atoms. The van der Waals surface area contributed by atoms with E-state index < -0.39 is 0 Å². The summed E-state index contributed by atoms with van der Waals surface area (Å²) in [7, 11) is 0. The number of nitrogens with zero attached hydrogens (tertiary/aromatic N) is 1. The Labute approximate surface area is 131 Å². The van der Waals surface area contributed by atoms with E-state index in [4.69, 9.17) is 16.3 Å². The Bertz CT molecular complexity index is 593. The second-order valence-corrected chi connectivity index (χ2v) is 6.41. The zero-order valence-electron chi connectivity index (χ0n) is 12.7. The molecule has 0 atom stereocenters. The number of halogens is 1. The molecule has 4 heteroatoms. The molecule has 0 unspecified atom stereocenters. The van der Waals surface area contributed by atoms with Crippen molar-refractivity contribution in [2.75, 3.05) is 0 Å². The molecule has 0 saturated heterocycles. The molecule has 0 bridgehead atoms. The standard InChI is InChI=1S/C17H21ClN2O/c1-17(2,3)19-11-14-7-5-8-15(20-14)12-21-16-9-4-6-13(18)10-16/h4-10,19H,11-12H2,1-3H3. The van der Waals surface area contributed by atoms with E-state index in [-0.39, 0.29) is 5.54 Å². The fourth-order valence-corrected chi connectivity index (χ4v) is 1.96. The fourth-order valence-electron chi connectivity index (χ4n) is 1.78. The summed E-state index contributed by atoms with van der Waals surface area (Å²) >= 11 is 5.93. The van der Waals surface area contributed by atoms with Crippen molar-refractivity contribution < 1.29 is 4.74 Å². The molecule has 1 heterocycles. The average molecular weight is 305 g/mol. The molecule has 21 heavy (non-hydrogen) atoms. The third-order valence-corrected chi connectivity index (χ3v) is 3.08. The predicted octanol–water partition coefficient (Wildman–Crippen LogP) is 4.20. The van der Waals surface area contributed by atoms with E-state index in [0.717, 1.165) is 23.7 Å². The highest BCUT2D eigenvalue weighted by Crippen LogP contribution is 2.18. The van der Waals surface area contributed by atoms with Crippen LogP contribution >= 0.6 is 11.6 Å². The van der Waals surface area contributed by atoms with Gasteiger partial charge in [-0.3, -0.25) is 4.98 Å². The second-order valence-electron chi connectivity index (χ2n) is 5.97. The van der Waals surface area contributed by atoms with Crippen LogP contribution in [0.1, 0.15) is 32.2 Å². The lowest BCUT2D eigenvalue weighted by molar-refractivity contribution is 0.300. The Morgan fingerprint density at radius 2 is 1.81 bits per heavy atom. The van der Waals surface area contributed by atoms with Crippen LogP contribution in [-0.4, -0.2) is 10.5 Å². The number of nitrogens with one attached hydrogen (secondary N) is 1. The Hall–Kier alpha value is -1.58. The maximum atomic E-state index is 5.93. The van der Waals surface area contributed by atoms with Gasteiger partial charge in [0, 0.05) is 17.1 Å². The molecular weight excluding hydrogens is 284 g/mol. The predicted molar refractivity (Wildman–Crippen MR) is 86.6 cm³/mol. The van der Waals surface area contributed by atoms with Crippen molar-refractivity contribution in [3.8, 4) is 5.75 Å². The molecule has 0 fully saturated rings. The van der Waals surface area contributed by atoms with Crippen molar-refractivity contribution in [2.45, 2.75) is 39.5 Å². The van der Waals surface area contributed by atoms with Gasteiger partial charge in [-0.2, -0.15) is 0 Å². The summed E-state index contributed by atoms with van der Waals surface area (Å²) in [6.07, 6.45) is 0. The third-order valence-electron chi connectivity index (χ3n) is 2.85. The molecule has 0 radical (unpaired) electrons. The van der Waals surface area contributed by atoms with E-state index in [1.54, 1.807) is 6.07 Å². The zero-order chi connectivity index (χ0) is 15.3. The molecule has 0 amide bonds. The first-order valence-corrected chi connectivity index (χ1v) is 7.38. The van der Waals surface area contributed by atoms with Crippen LogP contribution in [0.3, 0.4) is 0 Å². The minimum Gasteiger partial charge on any atom is -0.487 e. The normalized spacial score (nSPS) is 11.4. The van der Waals surface area contributed by atoms with Crippen LogP contribution in [0.15, 0.2) is 42.5 Å². The molecule has 0 aliphatic heterocycles. The molecule has 1 aromatic carbocycles. The van der Waals surface area contributed by atoms with Crippen LogP contribution in [0.4, 0.5) is 0 Å². The molecule has 0 saturated carbocycles. The first kappa shape index (κ1) is 15.8. The second kappa shape index (κ2) is 6.92. The van der Waals surface area contributed by atoms with Crippen molar-refractivity contribution in [1.82, 2.24) is 10.3 Å². The van der Waals surface area contributed by atoms with E-state index in [2.05, 4.69) is 31.1 Å². The Balaban J connectivity index is 1.95. The van der Waals surface area contributed by atoms with Gasteiger partial charge in [0.2, 0.25) is 0 Å². The van der Waals surface area contributed by atoms with Crippen molar-refractivity contribution in [2.24, 2.45) is 0 Å². The number of benzene rings is 1. The summed E-state index contributed by atoms with van der Waals surface area (Å²) in [5.41, 5.74) is 2.00. The average Bonchev–Trinajstić information content (AvgIpc) is 2.43. The largest absolute Gasteiger partial charge is 0.487 e. The first-order chi connectivity index (χ1) is 9.92. The van der Waals surface area contributed by atoms with Crippen LogP contribution in [0.5, 0.6) is 5.75 Å². The van der Waals surface area contributed by atoms with E-state index in [0.29, 0.717) is 11.6 Å². The molecule has 0 aliphatic rings. The maximum absolute atomic E-state index is 5.93. The molecule has 1 N–H and O–H groups in total. The van der Waals surface area contributed by atoms with Crippen LogP contribution in [0, 0.1) is 0 Å². The van der Waals surface area contributed by atoms with Crippen LogP contribution in [0.2, 0.25) is 5.02 Å². The van der Waals surface area contributed by atoms with Gasteiger partial charge in [-0.15, -0.1) is 0 Å². The summed E-state index contributed by atoms with van der Waals surface area (Å²) < 4.78 is 5.71. The van der Waals surface area contributed by atoms with Crippen molar-refractivity contribution in [1.29, 1.82) is 0 Å². The Morgan fingerprint density at radius 3 is 2.52 bits per heavy atom. The summed E-state index contributed by atoms with van der Waals surface area (Å²) in [6, 6.07) is 13.4. The lowest BCUT2D eigenvalue weighted by atomic mass is 10.1. The van der Waals surface area contributed by atoms with Gasteiger partial charge in [0.1, 0.15) is 12.4 Å². The number of aromatic nitrogens is 1. The maximum Gasteiger partial charge on any atom is 0.130 e. The van der Waals surface area contributed by atoms with Gasteiger partial charge < -0.3 is 10.1 Å². The minimum atomic E-state index is 0.0783. The van der Waals surface area contributed by atoms with Crippen LogP contribution in [-0.2, 0) is 13.2 Å². The highest BCUT2D eigenvalue weighted by molar-refractivity contribution is 6.30. The lowest BCUT2D eigenvalue weighted by Gasteiger charge is -2.20. The summed E-state index contributed by atoms with van der Waals surface area (Å²) in [5, 5.41) is 4.10. The SMILES string of the molecule is CC(C)(C)NCc1cccc(COc2cccc(Cl)c2)n1. The van der Waals surface area contributed by atoms with Gasteiger partial charge in [0.25, 0.3) is 0 Å². The van der Waals surface area contributed by atoms with E-state index in [1.165, 1.54) is 0 Å². The number of hydrogen-bond acceptors (Lipinski definition) is 3. The van der Waals surface area contributed by atoms with Gasteiger partial charge in [0.05, 0.1) is 11.4 Å². The number of ether oxygens (including phenoxy) is 1.